The Hall–Kier alpha value is -1.59. The summed E-state index contributed by atoms with van der Waals surface area (Å²) in [6, 6.07) is 5.17. The second-order valence-electron chi connectivity index (χ2n) is 5.11. The molecule has 5 N–H and O–H groups in total. The second kappa shape index (κ2) is 6.04. The molecule has 2 unspecified atom stereocenters. The number of hydrogen-bond acceptors (Lipinski definition) is 4. The summed E-state index contributed by atoms with van der Waals surface area (Å²) in [5.74, 6) is 5.22. The molecule has 1 aliphatic carbocycles. The topological polar surface area (TPSA) is 87.4 Å². The Morgan fingerprint density at radius 2 is 2.11 bits per heavy atom. The predicted molar refractivity (Wildman–Crippen MR) is 74.7 cm³/mol. The monoisotopic (exact) mass is 263 g/mol. The summed E-state index contributed by atoms with van der Waals surface area (Å²) in [4.78, 5) is 12.1. The maximum Gasteiger partial charge on any atom is 0.251 e. The van der Waals surface area contributed by atoms with Gasteiger partial charge in [-0.25, -0.2) is 0 Å². The van der Waals surface area contributed by atoms with Crippen molar-refractivity contribution < 1.29 is 9.90 Å². The number of aryl methyl sites for hydroxylation is 1. The highest BCUT2D eigenvalue weighted by atomic mass is 16.3. The van der Waals surface area contributed by atoms with Gasteiger partial charge in [-0.1, -0.05) is 12.8 Å². The highest BCUT2D eigenvalue weighted by molar-refractivity contribution is 5.95. The molecule has 104 valence electrons. The normalized spacial score (nSPS) is 22.9. The lowest BCUT2D eigenvalue weighted by Gasteiger charge is -2.28. The second-order valence-corrected chi connectivity index (χ2v) is 5.11. The molecular formula is C14H21N3O2. The molecule has 0 aromatic heterocycles. The van der Waals surface area contributed by atoms with Gasteiger partial charge in [0.1, 0.15) is 0 Å². The van der Waals surface area contributed by atoms with Crippen LogP contribution in [-0.4, -0.2) is 23.2 Å². The molecule has 5 heteroatoms. The third-order valence-corrected chi connectivity index (χ3v) is 3.69. The summed E-state index contributed by atoms with van der Waals surface area (Å²) < 4.78 is 0. The molecule has 1 fully saturated rings. The van der Waals surface area contributed by atoms with Gasteiger partial charge < -0.3 is 15.8 Å². The van der Waals surface area contributed by atoms with Gasteiger partial charge in [-0.3, -0.25) is 10.6 Å². The lowest BCUT2D eigenvalue weighted by molar-refractivity contribution is 0.0717. The van der Waals surface area contributed by atoms with Crippen molar-refractivity contribution in [1.29, 1.82) is 0 Å². The number of nitrogens with two attached hydrogens (primary N) is 1. The largest absolute Gasteiger partial charge is 0.391 e. The molecule has 0 saturated heterocycles. The Labute approximate surface area is 113 Å². The lowest BCUT2D eigenvalue weighted by atomic mass is 9.92. The van der Waals surface area contributed by atoms with Gasteiger partial charge in [0.2, 0.25) is 0 Å². The summed E-state index contributed by atoms with van der Waals surface area (Å²) in [5, 5.41) is 12.8. The lowest BCUT2D eigenvalue weighted by Crippen LogP contribution is -2.45. The van der Waals surface area contributed by atoms with Crippen molar-refractivity contribution in [3.05, 3.63) is 29.3 Å². The van der Waals surface area contributed by atoms with Crippen LogP contribution < -0.4 is 16.6 Å². The summed E-state index contributed by atoms with van der Waals surface area (Å²) in [6.45, 7) is 1.89. The molecule has 0 radical (unpaired) electrons. The number of nitrogens with one attached hydrogen (secondary N) is 2. The SMILES string of the molecule is Cc1cc(C(=O)NC2CCCCC2O)ccc1NN. The maximum atomic E-state index is 12.1. The number of aliphatic hydroxyl groups excluding tert-OH is 1. The first-order chi connectivity index (χ1) is 9.11. The fourth-order valence-corrected chi connectivity index (χ4v) is 2.50. The van der Waals surface area contributed by atoms with Crippen LogP contribution in [0.1, 0.15) is 41.6 Å². The van der Waals surface area contributed by atoms with E-state index in [1.807, 2.05) is 6.92 Å². The van der Waals surface area contributed by atoms with Gasteiger partial charge in [-0.15, -0.1) is 0 Å². The number of hydrazine groups is 1. The van der Waals surface area contributed by atoms with Gasteiger partial charge >= 0.3 is 0 Å². The van der Waals surface area contributed by atoms with Crippen molar-refractivity contribution in [2.75, 3.05) is 5.43 Å². The fraction of sp³-hybridized carbons (Fsp3) is 0.500. The molecule has 5 nitrogen and oxygen atoms in total. The van der Waals surface area contributed by atoms with Gasteiger partial charge in [-0.2, -0.15) is 0 Å². The van der Waals surface area contributed by atoms with Crippen LogP contribution in [0.4, 0.5) is 5.69 Å². The molecule has 0 heterocycles. The van der Waals surface area contributed by atoms with E-state index in [1.54, 1.807) is 18.2 Å². The van der Waals surface area contributed by atoms with Crippen LogP contribution in [0.3, 0.4) is 0 Å². The molecule has 2 rings (SSSR count). The van der Waals surface area contributed by atoms with Gasteiger partial charge in [-0.05, 0) is 43.5 Å². The average molecular weight is 263 g/mol. The average Bonchev–Trinajstić information content (AvgIpc) is 2.41. The van der Waals surface area contributed by atoms with Crippen molar-refractivity contribution in [2.45, 2.75) is 44.8 Å². The minimum absolute atomic E-state index is 0.131. The molecular weight excluding hydrogens is 242 g/mol. The summed E-state index contributed by atoms with van der Waals surface area (Å²) in [5.41, 5.74) is 4.89. The molecule has 0 bridgehead atoms. The third-order valence-electron chi connectivity index (χ3n) is 3.69. The Morgan fingerprint density at radius 3 is 2.74 bits per heavy atom. The van der Waals surface area contributed by atoms with Crippen LogP contribution in [0.5, 0.6) is 0 Å². The number of benzene rings is 1. The minimum atomic E-state index is -0.427. The molecule has 0 aliphatic heterocycles. The molecule has 1 amide bonds. The van der Waals surface area contributed by atoms with E-state index in [0.29, 0.717) is 5.56 Å². The molecule has 1 saturated carbocycles. The highest BCUT2D eigenvalue weighted by Gasteiger charge is 2.24. The van der Waals surface area contributed by atoms with E-state index in [0.717, 1.165) is 36.9 Å². The van der Waals surface area contributed by atoms with Crippen molar-refractivity contribution in [1.82, 2.24) is 5.32 Å². The van der Waals surface area contributed by atoms with E-state index < -0.39 is 6.10 Å². The Bertz CT molecular complexity index is 462. The zero-order chi connectivity index (χ0) is 13.8. The van der Waals surface area contributed by atoms with Crippen molar-refractivity contribution in [2.24, 2.45) is 5.84 Å². The van der Waals surface area contributed by atoms with Crippen LogP contribution in [0.25, 0.3) is 0 Å². The smallest absolute Gasteiger partial charge is 0.251 e. The summed E-state index contributed by atoms with van der Waals surface area (Å²) >= 11 is 0. The van der Waals surface area contributed by atoms with Crippen LogP contribution in [0.15, 0.2) is 18.2 Å². The summed E-state index contributed by atoms with van der Waals surface area (Å²) in [6.07, 6.45) is 3.26. The zero-order valence-corrected chi connectivity index (χ0v) is 11.1. The van der Waals surface area contributed by atoms with E-state index >= 15 is 0 Å². The van der Waals surface area contributed by atoms with Crippen molar-refractivity contribution >= 4 is 11.6 Å². The van der Waals surface area contributed by atoms with Crippen LogP contribution >= 0.6 is 0 Å². The Kier molecular flexibility index (Phi) is 4.39. The number of hydrogen-bond donors (Lipinski definition) is 4. The molecule has 2 atom stereocenters. The van der Waals surface area contributed by atoms with Gasteiger partial charge in [0, 0.05) is 5.56 Å². The van der Waals surface area contributed by atoms with Crippen molar-refractivity contribution in [3.8, 4) is 0 Å². The number of nitrogen functional groups attached to an aromatic ring is 1. The molecule has 0 spiro atoms. The molecule has 1 aromatic rings. The maximum absolute atomic E-state index is 12.1. The first kappa shape index (κ1) is 13.8. The number of anilines is 1. The number of aliphatic hydroxyl groups is 1. The Balaban J connectivity index is 2.05. The third kappa shape index (κ3) is 3.24. The van der Waals surface area contributed by atoms with E-state index in [9.17, 15) is 9.90 Å². The highest BCUT2D eigenvalue weighted by Crippen LogP contribution is 2.20. The summed E-state index contributed by atoms with van der Waals surface area (Å²) in [7, 11) is 0. The Morgan fingerprint density at radius 1 is 1.37 bits per heavy atom. The van der Waals surface area contributed by atoms with E-state index in [-0.39, 0.29) is 11.9 Å². The molecule has 1 aromatic carbocycles. The first-order valence-electron chi connectivity index (χ1n) is 6.68. The standard InChI is InChI=1S/C14H21N3O2/c1-9-8-10(6-7-11(9)17-15)14(19)16-12-4-2-3-5-13(12)18/h6-8,12-13,17-18H,2-5,15H2,1H3,(H,16,19). The van der Waals surface area contributed by atoms with Gasteiger partial charge in [0.25, 0.3) is 5.91 Å². The first-order valence-corrected chi connectivity index (χ1v) is 6.68. The zero-order valence-electron chi connectivity index (χ0n) is 11.1. The fourth-order valence-electron chi connectivity index (χ4n) is 2.50. The van der Waals surface area contributed by atoms with Crippen LogP contribution in [0.2, 0.25) is 0 Å². The van der Waals surface area contributed by atoms with Crippen LogP contribution in [-0.2, 0) is 0 Å². The molecule has 1 aliphatic rings. The number of carbonyl (C=O) groups excluding carboxylic acids is 1. The van der Waals surface area contributed by atoms with E-state index in [2.05, 4.69) is 10.7 Å². The van der Waals surface area contributed by atoms with Gasteiger partial charge in [0.05, 0.1) is 17.8 Å². The molecule has 19 heavy (non-hydrogen) atoms. The number of carbonyl (C=O) groups is 1. The predicted octanol–water partition coefficient (Wildman–Crippen LogP) is 1.31. The van der Waals surface area contributed by atoms with E-state index in [1.165, 1.54) is 0 Å². The van der Waals surface area contributed by atoms with Crippen LogP contribution in [0, 0.1) is 6.92 Å². The van der Waals surface area contributed by atoms with Gasteiger partial charge in [0.15, 0.2) is 0 Å². The minimum Gasteiger partial charge on any atom is -0.391 e. The van der Waals surface area contributed by atoms with E-state index in [4.69, 9.17) is 5.84 Å². The quantitative estimate of drug-likeness (QED) is 0.489. The number of rotatable bonds is 3. The number of amides is 1. The van der Waals surface area contributed by atoms with Crippen molar-refractivity contribution in [3.63, 3.8) is 0 Å².